The Kier molecular flexibility index (Phi) is 5.24. The zero-order valence-electron chi connectivity index (χ0n) is 16.8. The Bertz CT molecular complexity index is 1050. The van der Waals surface area contributed by atoms with Gasteiger partial charge >= 0.3 is 0 Å². The molecule has 1 fully saturated rings. The van der Waals surface area contributed by atoms with Crippen LogP contribution in [0.15, 0.2) is 48.1 Å². The fourth-order valence-electron chi connectivity index (χ4n) is 4.00. The van der Waals surface area contributed by atoms with Crippen LogP contribution < -0.4 is 5.32 Å². The van der Waals surface area contributed by atoms with Crippen molar-refractivity contribution >= 4 is 28.8 Å². The van der Waals surface area contributed by atoms with Gasteiger partial charge in [0.15, 0.2) is 0 Å². The molecule has 0 saturated carbocycles. The van der Waals surface area contributed by atoms with Crippen LogP contribution in [-0.2, 0) is 16.6 Å². The number of anilines is 1. The minimum atomic E-state index is -0.325. The van der Waals surface area contributed by atoms with Crippen molar-refractivity contribution in [3.63, 3.8) is 0 Å². The molecule has 0 bridgehead atoms. The molecule has 2 unspecified atom stereocenters. The molecule has 3 heterocycles. The number of hydrogen-bond acceptors (Lipinski definition) is 4. The number of likely N-dealkylation sites (tertiary alicyclic amines) is 1. The van der Waals surface area contributed by atoms with E-state index in [9.17, 15) is 9.59 Å². The smallest absolute Gasteiger partial charge is 0.229 e. The second-order valence-electron chi connectivity index (χ2n) is 7.54. The molecule has 150 valence electrons. The SMILES string of the molecule is Cc1ccsc1-c1cccc(NC(=O)C2CCC(=O)N(C)C2c2cnn(C)c2)c1. The number of hydrogen-bond donors (Lipinski definition) is 1. The maximum absolute atomic E-state index is 13.2. The fraction of sp³-hybridized carbons (Fsp3) is 0.318. The molecule has 7 heteroatoms. The van der Waals surface area contributed by atoms with E-state index in [1.54, 1.807) is 34.2 Å². The van der Waals surface area contributed by atoms with Gasteiger partial charge in [0.05, 0.1) is 18.2 Å². The van der Waals surface area contributed by atoms with Gasteiger partial charge in [0.25, 0.3) is 0 Å². The third-order valence-electron chi connectivity index (χ3n) is 5.52. The summed E-state index contributed by atoms with van der Waals surface area (Å²) in [5.74, 6) is -0.342. The van der Waals surface area contributed by atoms with E-state index >= 15 is 0 Å². The van der Waals surface area contributed by atoms with Gasteiger partial charge in [-0.15, -0.1) is 11.3 Å². The second-order valence-corrected chi connectivity index (χ2v) is 8.46. The highest BCUT2D eigenvalue weighted by molar-refractivity contribution is 7.13. The lowest BCUT2D eigenvalue weighted by Crippen LogP contribution is -2.44. The van der Waals surface area contributed by atoms with E-state index in [-0.39, 0.29) is 23.8 Å². The summed E-state index contributed by atoms with van der Waals surface area (Å²) in [6.45, 7) is 2.09. The van der Waals surface area contributed by atoms with Crippen molar-refractivity contribution in [2.24, 2.45) is 13.0 Å². The largest absolute Gasteiger partial charge is 0.338 e. The predicted octanol–water partition coefficient (Wildman–Crippen LogP) is 4.01. The van der Waals surface area contributed by atoms with Crippen molar-refractivity contribution in [2.75, 3.05) is 12.4 Å². The molecule has 2 amide bonds. The van der Waals surface area contributed by atoms with Crippen molar-refractivity contribution in [2.45, 2.75) is 25.8 Å². The van der Waals surface area contributed by atoms with Crippen LogP contribution in [0.3, 0.4) is 0 Å². The summed E-state index contributed by atoms with van der Waals surface area (Å²) in [7, 11) is 3.60. The van der Waals surface area contributed by atoms with E-state index in [2.05, 4.69) is 34.9 Å². The Morgan fingerprint density at radius 1 is 1.28 bits per heavy atom. The van der Waals surface area contributed by atoms with E-state index in [4.69, 9.17) is 0 Å². The molecule has 0 spiro atoms. The number of aromatic nitrogens is 2. The van der Waals surface area contributed by atoms with Gasteiger partial charge in [0.2, 0.25) is 11.8 Å². The van der Waals surface area contributed by atoms with Gasteiger partial charge in [0, 0.05) is 42.8 Å². The van der Waals surface area contributed by atoms with Crippen LogP contribution in [0.1, 0.15) is 30.0 Å². The molecule has 0 radical (unpaired) electrons. The van der Waals surface area contributed by atoms with Gasteiger partial charge in [-0.05, 0) is 48.1 Å². The molecule has 6 nitrogen and oxygen atoms in total. The number of carbonyl (C=O) groups is 2. The van der Waals surface area contributed by atoms with Crippen LogP contribution in [0.4, 0.5) is 5.69 Å². The van der Waals surface area contributed by atoms with E-state index in [1.165, 1.54) is 10.4 Å². The van der Waals surface area contributed by atoms with Crippen molar-refractivity contribution in [3.05, 3.63) is 59.2 Å². The normalized spacial score (nSPS) is 19.4. The Balaban J connectivity index is 1.58. The molecule has 2 atom stereocenters. The maximum atomic E-state index is 13.2. The number of piperidine rings is 1. The summed E-state index contributed by atoms with van der Waals surface area (Å²) >= 11 is 1.69. The Morgan fingerprint density at radius 3 is 2.79 bits per heavy atom. The number of thiophene rings is 1. The molecular formula is C22H24N4O2S. The van der Waals surface area contributed by atoms with Gasteiger partial charge in [0.1, 0.15) is 0 Å². The van der Waals surface area contributed by atoms with Crippen LogP contribution in [0.2, 0.25) is 0 Å². The highest BCUT2D eigenvalue weighted by Crippen LogP contribution is 2.37. The van der Waals surface area contributed by atoms with Gasteiger partial charge in [-0.1, -0.05) is 12.1 Å². The zero-order valence-corrected chi connectivity index (χ0v) is 17.6. The lowest BCUT2D eigenvalue weighted by Gasteiger charge is -2.37. The first-order valence-electron chi connectivity index (χ1n) is 9.63. The third kappa shape index (κ3) is 3.82. The topological polar surface area (TPSA) is 67.2 Å². The number of aryl methyl sites for hydroxylation is 2. The van der Waals surface area contributed by atoms with E-state index in [0.29, 0.717) is 12.8 Å². The Labute approximate surface area is 174 Å². The van der Waals surface area contributed by atoms with Crippen molar-refractivity contribution in [1.29, 1.82) is 0 Å². The van der Waals surface area contributed by atoms with Crippen molar-refractivity contribution in [1.82, 2.24) is 14.7 Å². The summed E-state index contributed by atoms with van der Waals surface area (Å²) in [5.41, 5.74) is 3.97. The number of nitrogens with one attached hydrogen (secondary N) is 1. The highest BCUT2D eigenvalue weighted by Gasteiger charge is 2.39. The van der Waals surface area contributed by atoms with E-state index < -0.39 is 0 Å². The Hall–Kier alpha value is -2.93. The lowest BCUT2D eigenvalue weighted by molar-refractivity contribution is -0.140. The van der Waals surface area contributed by atoms with Crippen LogP contribution >= 0.6 is 11.3 Å². The zero-order chi connectivity index (χ0) is 20.5. The first-order valence-corrected chi connectivity index (χ1v) is 10.5. The molecule has 29 heavy (non-hydrogen) atoms. The number of carbonyl (C=O) groups excluding carboxylic acids is 2. The fourth-order valence-corrected chi connectivity index (χ4v) is 4.93. The van der Waals surface area contributed by atoms with Gasteiger partial charge in [-0.2, -0.15) is 5.10 Å². The standard InChI is InChI=1S/C22H24N4O2S/c1-14-9-10-29-21(14)15-5-4-6-17(11-15)24-22(28)18-7-8-19(27)26(3)20(18)16-12-23-25(2)13-16/h4-6,9-13,18,20H,7-8H2,1-3H3,(H,24,28). The first kappa shape index (κ1) is 19.4. The molecule has 1 N–H and O–H groups in total. The first-order chi connectivity index (χ1) is 13.9. The number of rotatable bonds is 4. The monoisotopic (exact) mass is 408 g/mol. The van der Waals surface area contributed by atoms with Crippen molar-refractivity contribution < 1.29 is 9.59 Å². The quantitative estimate of drug-likeness (QED) is 0.709. The van der Waals surface area contributed by atoms with Crippen LogP contribution in [0, 0.1) is 12.8 Å². The number of nitrogens with zero attached hydrogens (tertiary/aromatic N) is 3. The summed E-state index contributed by atoms with van der Waals surface area (Å²) in [5, 5.41) is 9.37. The number of amides is 2. The highest BCUT2D eigenvalue weighted by atomic mass is 32.1. The molecule has 1 saturated heterocycles. The van der Waals surface area contributed by atoms with Crippen molar-refractivity contribution in [3.8, 4) is 10.4 Å². The van der Waals surface area contributed by atoms with Gasteiger partial charge < -0.3 is 10.2 Å². The van der Waals surface area contributed by atoms with Crippen LogP contribution in [0.25, 0.3) is 10.4 Å². The minimum absolute atomic E-state index is 0.0538. The average molecular weight is 409 g/mol. The molecule has 1 aliphatic rings. The summed E-state index contributed by atoms with van der Waals surface area (Å²) < 4.78 is 1.70. The average Bonchev–Trinajstić information content (AvgIpc) is 3.32. The molecular weight excluding hydrogens is 384 g/mol. The minimum Gasteiger partial charge on any atom is -0.338 e. The lowest BCUT2D eigenvalue weighted by atomic mass is 9.85. The molecule has 3 aromatic rings. The predicted molar refractivity (Wildman–Crippen MR) is 115 cm³/mol. The van der Waals surface area contributed by atoms with Crippen LogP contribution in [-0.4, -0.2) is 33.5 Å². The third-order valence-corrected chi connectivity index (χ3v) is 6.58. The molecule has 0 aliphatic carbocycles. The maximum Gasteiger partial charge on any atom is 0.229 e. The number of benzene rings is 1. The second kappa shape index (κ2) is 7.83. The molecule has 4 rings (SSSR count). The molecule has 1 aromatic carbocycles. The van der Waals surface area contributed by atoms with Gasteiger partial charge in [-0.3, -0.25) is 14.3 Å². The molecule has 2 aromatic heterocycles. The van der Waals surface area contributed by atoms with E-state index in [1.807, 2.05) is 31.4 Å². The molecule has 1 aliphatic heterocycles. The van der Waals surface area contributed by atoms with Gasteiger partial charge in [-0.25, -0.2) is 0 Å². The van der Waals surface area contributed by atoms with E-state index in [0.717, 1.165) is 16.8 Å². The summed E-state index contributed by atoms with van der Waals surface area (Å²) in [4.78, 5) is 28.4. The Morgan fingerprint density at radius 2 is 2.10 bits per heavy atom. The summed E-state index contributed by atoms with van der Waals surface area (Å²) in [6, 6.07) is 9.71. The van der Waals surface area contributed by atoms with Crippen LogP contribution in [0.5, 0.6) is 0 Å². The summed E-state index contributed by atoms with van der Waals surface area (Å²) in [6.07, 6.45) is 4.51.